The van der Waals surface area contributed by atoms with E-state index in [0.29, 0.717) is 0 Å². The van der Waals surface area contributed by atoms with Gasteiger partial charge >= 0.3 is 0 Å². The van der Waals surface area contributed by atoms with Gasteiger partial charge in [0.15, 0.2) is 11.5 Å². The molecule has 2 aromatic rings. The fourth-order valence-electron chi connectivity index (χ4n) is 4.30. The minimum absolute atomic E-state index is 0.769. The molecular formula is C24H36N2O2. The number of likely N-dealkylation sites (tertiary alicyclic amines) is 1. The van der Waals surface area contributed by atoms with Gasteiger partial charge in [-0.05, 0) is 56.5 Å². The smallest absolute Gasteiger partial charge is 0.160 e. The quantitative estimate of drug-likeness (QED) is 0.828. The van der Waals surface area contributed by atoms with Gasteiger partial charge in [-0.1, -0.05) is 55.3 Å². The first kappa shape index (κ1) is 22.3. The van der Waals surface area contributed by atoms with Gasteiger partial charge in [-0.3, -0.25) is 4.90 Å². The molecule has 4 heteroatoms. The van der Waals surface area contributed by atoms with Crippen LogP contribution in [0.2, 0.25) is 0 Å². The zero-order valence-corrected chi connectivity index (χ0v) is 17.6. The highest BCUT2D eigenvalue weighted by atomic mass is 16.5. The first-order chi connectivity index (χ1) is 13.8. The molecule has 1 heterocycles. The molecule has 2 aliphatic rings. The number of ether oxygens (including phenoxy) is 2. The van der Waals surface area contributed by atoms with E-state index in [-0.39, 0.29) is 0 Å². The molecule has 1 saturated carbocycles. The largest absolute Gasteiger partial charge is 0.493 e. The van der Waals surface area contributed by atoms with Crippen molar-refractivity contribution in [1.82, 2.24) is 4.90 Å². The number of fused-ring (bicyclic) bond motifs is 1. The summed E-state index contributed by atoms with van der Waals surface area (Å²) in [5.41, 5.74) is 5.98. The van der Waals surface area contributed by atoms with Crippen molar-refractivity contribution in [2.24, 2.45) is 11.7 Å². The lowest BCUT2D eigenvalue weighted by molar-refractivity contribution is 0.176. The fraction of sp³-hybridized carbons (Fsp3) is 0.500. The third kappa shape index (κ3) is 6.25. The predicted molar refractivity (Wildman–Crippen MR) is 117 cm³/mol. The second-order valence-electron chi connectivity index (χ2n) is 7.21. The van der Waals surface area contributed by atoms with Crippen LogP contribution in [0, 0.1) is 5.92 Å². The lowest BCUT2D eigenvalue weighted by atomic mass is 9.85. The third-order valence-corrected chi connectivity index (χ3v) is 5.64. The minimum Gasteiger partial charge on any atom is -0.493 e. The molecule has 1 saturated heterocycles. The molecule has 4 nitrogen and oxygen atoms in total. The molecule has 2 N–H and O–H groups in total. The molecule has 0 radical (unpaired) electrons. The zero-order valence-electron chi connectivity index (χ0n) is 17.6. The average Bonchev–Trinajstić information content (AvgIpc) is 3.19. The summed E-state index contributed by atoms with van der Waals surface area (Å²) >= 11 is 0. The highest BCUT2D eigenvalue weighted by molar-refractivity contribution is 5.39. The topological polar surface area (TPSA) is 47.7 Å². The van der Waals surface area contributed by atoms with Gasteiger partial charge in [-0.15, -0.1) is 0 Å². The molecular weight excluding hydrogens is 348 g/mol. The van der Waals surface area contributed by atoms with E-state index in [1.807, 2.05) is 24.3 Å². The van der Waals surface area contributed by atoms with Crippen molar-refractivity contribution in [3.63, 3.8) is 0 Å². The van der Waals surface area contributed by atoms with Gasteiger partial charge in [-0.2, -0.15) is 0 Å². The Kier molecular flexibility index (Phi) is 9.87. The lowest BCUT2D eigenvalue weighted by Crippen LogP contribution is -2.34. The molecule has 2 fully saturated rings. The second kappa shape index (κ2) is 12.4. The van der Waals surface area contributed by atoms with Crippen LogP contribution in [-0.2, 0) is 6.54 Å². The number of hydrogen-bond donors (Lipinski definition) is 1. The standard InChI is InChI=1S/C15H21N.C8H10O2.CH5N/c1-2-6-13(7-3-1)12-16-11-10-14-8-4-5-9-15(14)16;1-9-7-5-3-4-6-8(7)10-2;1-2/h1-3,6-7,14-15H,4-5,8-12H2;3-6H,1-2H3;2H2,1H3. The number of nitrogens with zero attached hydrogens (tertiary/aromatic N) is 1. The zero-order chi connectivity index (χ0) is 20.2. The summed E-state index contributed by atoms with van der Waals surface area (Å²) in [7, 11) is 4.75. The van der Waals surface area contributed by atoms with Gasteiger partial charge in [0.2, 0.25) is 0 Å². The normalized spacial score (nSPS) is 20.7. The van der Waals surface area contributed by atoms with E-state index in [0.717, 1.165) is 23.5 Å². The number of methoxy groups -OCH3 is 2. The van der Waals surface area contributed by atoms with E-state index >= 15 is 0 Å². The first-order valence-electron chi connectivity index (χ1n) is 10.3. The summed E-state index contributed by atoms with van der Waals surface area (Å²) in [6, 6.07) is 19.4. The Morgan fingerprint density at radius 1 is 0.821 bits per heavy atom. The van der Waals surface area contributed by atoms with Gasteiger partial charge < -0.3 is 15.2 Å². The van der Waals surface area contributed by atoms with E-state index < -0.39 is 0 Å². The minimum atomic E-state index is 0.769. The molecule has 154 valence electrons. The molecule has 28 heavy (non-hydrogen) atoms. The Hall–Kier alpha value is -2.04. The van der Waals surface area contributed by atoms with Gasteiger partial charge in [0.25, 0.3) is 0 Å². The molecule has 0 aromatic heterocycles. The van der Waals surface area contributed by atoms with E-state index in [2.05, 4.69) is 41.0 Å². The van der Waals surface area contributed by atoms with Crippen LogP contribution in [0.4, 0.5) is 0 Å². The van der Waals surface area contributed by atoms with E-state index in [4.69, 9.17) is 9.47 Å². The maximum atomic E-state index is 5.01. The molecule has 0 spiro atoms. The van der Waals surface area contributed by atoms with Crippen LogP contribution >= 0.6 is 0 Å². The molecule has 4 rings (SSSR count). The van der Waals surface area contributed by atoms with Crippen molar-refractivity contribution in [3.8, 4) is 11.5 Å². The molecule has 2 aromatic carbocycles. The summed E-state index contributed by atoms with van der Waals surface area (Å²) < 4.78 is 10.0. The SMILES string of the molecule is CN.COc1ccccc1OC.c1ccc(CN2CCC3CCCCC32)cc1. The van der Waals surface area contributed by atoms with Crippen LogP contribution in [0.3, 0.4) is 0 Å². The fourth-order valence-corrected chi connectivity index (χ4v) is 4.30. The molecule has 1 aliphatic carbocycles. The van der Waals surface area contributed by atoms with Crippen LogP contribution in [0.15, 0.2) is 54.6 Å². The van der Waals surface area contributed by atoms with Crippen LogP contribution in [0.1, 0.15) is 37.7 Å². The Balaban J connectivity index is 0.000000202. The van der Waals surface area contributed by atoms with Crippen LogP contribution < -0.4 is 15.2 Å². The average molecular weight is 385 g/mol. The Morgan fingerprint density at radius 2 is 1.39 bits per heavy atom. The van der Waals surface area contributed by atoms with Crippen LogP contribution in [0.25, 0.3) is 0 Å². The molecule has 1 aliphatic heterocycles. The van der Waals surface area contributed by atoms with Crippen LogP contribution in [0.5, 0.6) is 11.5 Å². The summed E-state index contributed by atoms with van der Waals surface area (Å²) in [4.78, 5) is 2.72. The van der Waals surface area contributed by atoms with Gasteiger partial charge in [0.1, 0.15) is 0 Å². The van der Waals surface area contributed by atoms with Gasteiger partial charge in [0, 0.05) is 12.6 Å². The maximum Gasteiger partial charge on any atom is 0.160 e. The van der Waals surface area contributed by atoms with Crippen LogP contribution in [-0.4, -0.2) is 38.8 Å². The molecule has 0 bridgehead atoms. The number of benzene rings is 2. The number of nitrogens with two attached hydrogens (primary N) is 1. The van der Waals surface area contributed by atoms with Crippen molar-refractivity contribution in [3.05, 3.63) is 60.2 Å². The Labute approximate surface area is 170 Å². The lowest BCUT2D eigenvalue weighted by Gasteiger charge is -2.31. The Bertz CT molecular complexity index is 640. The summed E-state index contributed by atoms with van der Waals surface area (Å²) in [5.74, 6) is 2.55. The van der Waals surface area contributed by atoms with Gasteiger partial charge in [0.05, 0.1) is 14.2 Å². The number of rotatable bonds is 4. The van der Waals surface area contributed by atoms with Crippen molar-refractivity contribution >= 4 is 0 Å². The summed E-state index contributed by atoms with van der Waals surface area (Å²) in [5, 5.41) is 0. The molecule has 2 unspecified atom stereocenters. The first-order valence-corrected chi connectivity index (χ1v) is 10.3. The molecule has 2 atom stereocenters. The van der Waals surface area contributed by atoms with Crippen molar-refractivity contribution < 1.29 is 9.47 Å². The predicted octanol–water partition coefficient (Wildman–Crippen LogP) is 4.73. The number of hydrogen-bond acceptors (Lipinski definition) is 4. The van der Waals surface area contributed by atoms with E-state index in [1.54, 1.807) is 14.2 Å². The number of para-hydroxylation sites is 2. The maximum absolute atomic E-state index is 5.01. The van der Waals surface area contributed by atoms with Crippen molar-refractivity contribution in [1.29, 1.82) is 0 Å². The van der Waals surface area contributed by atoms with E-state index in [1.165, 1.54) is 57.8 Å². The highest BCUT2D eigenvalue weighted by Gasteiger charge is 2.35. The summed E-state index contributed by atoms with van der Waals surface area (Å²) in [6.07, 6.45) is 7.29. The van der Waals surface area contributed by atoms with E-state index in [9.17, 15) is 0 Å². The molecule has 0 amide bonds. The monoisotopic (exact) mass is 384 g/mol. The summed E-state index contributed by atoms with van der Waals surface area (Å²) in [6.45, 7) is 2.49. The van der Waals surface area contributed by atoms with Gasteiger partial charge in [-0.25, -0.2) is 0 Å². The van der Waals surface area contributed by atoms with Crippen molar-refractivity contribution in [2.45, 2.75) is 44.7 Å². The second-order valence-corrected chi connectivity index (χ2v) is 7.21. The van der Waals surface area contributed by atoms with Crippen molar-refractivity contribution in [2.75, 3.05) is 27.8 Å². The third-order valence-electron chi connectivity index (χ3n) is 5.64. The Morgan fingerprint density at radius 3 is 2.00 bits per heavy atom. The highest BCUT2D eigenvalue weighted by Crippen LogP contribution is 2.36.